The first-order valence-corrected chi connectivity index (χ1v) is 6.55. The Labute approximate surface area is 123 Å². The third-order valence-electron chi connectivity index (χ3n) is 2.84. The number of anilines is 1. The highest BCUT2D eigenvalue weighted by molar-refractivity contribution is 5.97. The van der Waals surface area contributed by atoms with Crippen LogP contribution in [0.25, 0.3) is 0 Å². The summed E-state index contributed by atoms with van der Waals surface area (Å²) in [4.78, 5) is 27.6. The number of aromatic nitrogens is 1. The molecule has 0 saturated heterocycles. The third-order valence-corrected chi connectivity index (χ3v) is 2.84. The molecule has 1 aromatic carbocycles. The second kappa shape index (κ2) is 6.65. The van der Waals surface area contributed by atoms with Gasteiger partial charge in [-0.2, -0.15) is 0 Å². The number of rotatable bonds is 4. The maximum Gasteiger partial charge on any atom is 0.340 e. The fourth-order valence-corrected chi connectivity index (χ4v) is 1.73. The number of esters is 1. The van der Waals surface area contributed by atoms with Crippen molar-refractivity contribution in [3.63, 3.8) is 0 Å². The molecule has 1 atom stereocenters. The smallest absolute Gasteiger partial charge is 0.340 e. The fraction of sp³-hybridized carbons (Fsp3) is 0.188. The minimum absolute atomic E-state index is 0.313. The van der Waals surface area contributed by atoms with Crippen LogP contribution in [0, 0.1) is 6.92 Å². The molecule has 5 heteroatoms. The normalized spacial score (nSPS) is 11.5. The van der Waals surface area contributed by atoms with Crippen LogP contribution < -0.4 is 5.32 Å². The molecule has 21 heavy (non-hydrogen) atoms. The lowest BCUT2D eigenvalue weighted by molar-refractivity contribution is -0.123. The van der Waals surface area contributed by atoms with Crippen LogP contribution in [-0.2, 0) is 9.53 Å². The van der Waals surface area contributed by atoms with Gasteiger partial charge in [-0.25, -0.2) is 4.79 Å². The number of ether oxygens (including phenoxy) is 1. The Hall–Kier alpha value is -2.69. The number of nitrogens with zero attached hydrogens (tertiary/aromatic N) is 1. The monoisotopic (exact) mass is 284 g/mol. The molecule has 0 spiro atoms. The number of carbonyl (C=O) groups excluding carboxylic acids is 2. The molecule has 0 aliphatic carbocycles. The zero-order chi connectivity index (χ0) is 15.2. The topological polar surface area (TPSA) is 68.3 Å². The van der Waals surface area contributed by atoms with Crippen molar-refractivity contribution in [3.05, 3.63) is 59.9 Å². The van der Waals surface area contributed by atoms with Crippen molar-refractivity contribution in [3.8, 4) is 0 Å². The van der Waals surface area contributed by atoms with Crippen LogP contribution in [0.2, 0.25) is 0 Å². The van der Waals surface area contributed by atoms with Crippen LogP contribution in [0.1, 0.15) is 22.8 Å². The number of hydrogen-bond acceptors (Lipinski definition) is 4. The molecule has 0 bridgehead atoms. The van der Waals surface area contributed by atoms with Gasteiger partial charge in [-0.15, -0.1) is 0 Å². The van der Waals surface area contributed by atoms with Gasteiger partial charge in [0.15, 0.2) is 6.10 Å². The van der Waals surface area contributed by atoms with E-state index in [2.05, 4.69) is 10.3 Å². The molecule has 0 fully saturated rings. The molecule has 1 heterocycles. The second-order valence-corrected chi connectivity index (χ2v) is 4.65. The molecular weight excluding hydrogens is 268 g/mol. The van der Waals surface area contributed by atoms with Gasteiger partial charge in [-0.1, -0.05) is 12.1 Å². The third kappa shape index (κ3) is 4.14. The largest absolute Gasteiger partial charge is 0.449 e. The highest BCUT2D eigenvalue weighted by Crippen LogP contribution is 2.11. The molecule has 1 N–H and O–H groups in total. The van der Waals surface area contributed by atoms with E-state index in [0.717, 1.165) is 5.56 Å². The van der Waals surface area contributed by atoms with Crippen LogP contribution in [0.5, 0.6) is 0 Å². The molecule has 0 saturated carbocycles. The Bertz CT molecular complexity index is 641. The van der Waals surface area contributed by atoms with Gasteiger partial charge < -0.3 is 10.1 Å². The van der Waals surface area contributed by atoms with E-state index < -0.39 is 12.1 Å². The zero-order valence-electron chi connectivity index (χ0n) is 11.9. The number of benzene rings is 1. The molecule has 2 aromatic rings. The van der Waals surface area contributed by atoms with E-state index in [-0.39, 0.29) is 5.91 Å². The van der Waals surface area contributed by atoms with Crippen molar-refractivity contribution in [2.45, 2.75) is 20.0 Å². The Morgan fingerprint density at radius 2 is 2.05 bits per heavy atom. The summed E-state index contributed by atoms with van der Waals surface area (Å²) in [5.74, 6) is -0.951. The Kier molecular flexibility index (Phi) is 4.66. The van der Waals surface area contributed by atoms with Crippen molar-refractivity contribution < 1.29 is 14.3 Å². The van der Waals surface area contributed by atoms with Crippen LogP contribution in [0.3, 0.4) is 0 Å². The fourth-order valence-electron chi connectivity index (χ4n) is 1.73. The standard InChI is InChI=1S/C16H16N2O3/c1-11-5-3-7-14(9-11)18-15(19)12(2)21-16(20)13-6-4-8-17-10-13/h3-10,12H,1-2H3,(H,18,19)/t12-/m1/s1. The van der Waals surface area contributed by atoms with E-state index in [1.807, 2.05) is 25.1 Å². The van der Waals surface area contributed by atoms with Crippen molar-refractivity contribution in [1.82, 2.24) is 4.98 Å². The van der Waals surface area contributed by atoms with Gasteiger partial charge in [-0.05, 0) is 43.7 Å². The van der Waals surface area contributed by atoms with Crippen molar-refractivity contribution >= 4 is 17.6 Å². The van der Waals surface area contributed by atoms with Crippen LogP contribution >= 0.6 is 0 Å². The van der Waals surface area contributed by atoms with Gasteiger partial charge in [0.2, 0.25) is 0 Å². The van der Waals surface area contributed by atoms with Gasteiger partial charge in [-0.3, -0.25) is 9.78 Å². The predicted molar refractivity (Wildman–Crippen MR) is 78.9 cm³/mol. The Morgan fingerprint density at radius 3 is 2.71 bits per heavy atom. The summed E-state index contributed by atoms with van der Waals surface area (Å²) in [7, 11) is 0. The second-order valence-electron chi connectivity index (χ2n) is 4.65. The Balaban J connectivity index is 1.95. The summed E-state index contributed by atoms with van der Waals surface area (Å²) in [6.07, 6.45) is 2.07. The lowest BCUT2D eigenvalue weighted by atomic mass is 10.2. The highest BCUT2D eigenvalue weighted by atomic mass is 16.5. The lowest BCUT2D eigenvalue weighted by Crippen LogP contribution is -2.30. The molecule has 0 unspecified atom stereocenters. The minimum atomic E-state index is -0.891. The van der Waals surface area contributed by atoms with Crippen LogP contribution in [-0.4, -0.2) is 23.0 Å². The quantitative estimate of drug-likeness (QED) is 0.876. The molecule has 0 aliphatic rings. The first kappa shape index (κ1) is 14.7. The van der Waals surface area contributed by atoms with Crippen molar-refractivity contribution in [1.29, 1.82) is 0 Å². The van der Waals surface area contributed by atoms with Crippen molar-refractivity contribution in [2.24, 2.45) is 0 Å². The molecule has 1 aromatic heterocycles. The summed E-state index contributed by atoms with van der Waals surface area (Å²) >= 11 is 0. The molecule has 108 valence electrons. The average molecular weight is 284 g/mol. The maximum absolute atomic E-state index is 12.0. The summed E-state index contributed by atoms with van der Waals surface area (Å²) in [6, 6.07) is 10.6. The van der Waals surface area contributed by atoms with Crippen LogP contribution in [0.4, 0.5) is 5.69 Å². The first-order valence-electron chi connectivity index (χ1n) is 6.55. The number of hydrogen-bond donors (Lipinski definition) is 1. The predicted octanol–water partition coefficient (Wildman–Crippen LogP) is 2.57. The summed E-state index contributed by atoms with van der Waals surface area (Å²) in [6.45, 7) is 3.46. The molecule has 0 aliphatic heterocycles. The number of nitrogens with one attached hydrogen (secondary N) is 1. The molecule has 1 amide bonds. The first-order chi connectivity index (χ1) is 10.1. The number of aryl methyl sites for hydroxylation is 1. The minimum Gasteiger partial charge on any atom is -0.449 e. The van der Waals surface area contributed by atoms with Gasteiger partial charge in [0, 0.05) is 18.1 Å². The van der Waals surface area contributed by atoms with E-state index in [4.69, 9.17) is 4.74 Å². The molecule has 2 rings (SSSR count). The maximum atomic E-state index is 12.0. The average Bonchev–Trinajstić information content (AvgIpc) is 2.48. The lowest BCUT2D eigenvalue weighted by Gasteiger charge is -2.13. The number of carbonyl (C=O) groups is 2. The molecular formula is C16H16N2O3. The van der Waals surface area contributed by atoms with Gasteiger partial charge in [0.05, 0.1) is 5.56 Å². The van der Waals surface area contributed by atoms with Gasteiger partial charge >= 0.3 is 5.97 Å². The zero-order valence-corrected chi connectivity index (χ0v) is 11.9. The van der Waals surface area contributed by atoms with E-state index in [1.54, 1.807) is 24.4 Å². The molecule has 0 radical (unpaired) electrons. The summed E-state index contributed by atoms with van der Waals surface area (Å²) in [5, 5.41) is 2.71. The highest BCUT2D eigenvalue weighted by Gasteiger charge is 2.19. The van der Waals surface area contributed by atoms with E-state index in [1.165, 1.54) is 13.1 Å². The van der Waals surface area contributed by atoms with Crippen molar-refractivity contribution in [2.75, 3.05) is 5.32 Å². The van der Waals surface area contributed by atoms with E-state index >= 15 is 0 Å². The van der Waals surface area contributed by atoms with Gasteiger partial charge in [0.25, 0.3) is 5.91 Å². The van der Waals surface area contributed by atoms with Gasteiger partial charge in [0.1, 0.15) is 0 Å². The van der Waals surface area contributed by atoms with E-state index in [0.29, 0.717) is 11.3 Å². The SMILES string of the molecule is Cc1cccc(NC(=O)[C@@H](C)OC(=O)c2cccnc2)c1. The number of amides is 1. The summed E-state index contributed by atoms with van der Waals surface area (Å²) in [5.41, 5.74) is 2.02. The van der Waals surface area contributed by atoms with E-state index in [9.17, 15) is 9.59 Å². The summed E-state index contributed by atoms with van der Waals surface area (Å²) < 4.78 is 5.11. The Morgan fingerprint density at radius 1 is 1.24 bits per heavy atom. The van der Waals surface area contributed by atoms with Crippen LogP contribution in [0.15, 0.2) is 48.8 Å². The number of pyridine rings is 1. The molecule has 5 nitrogen and oxygen atoms in total.